The van der Waals surface area contributed by atoms with E-state index in [9.17, 15) is 4.79 Å². The van der Waals surface area contributed by atoms with Crippen molar-refractivity contribution in [3.05, 3.63) is 24.3 Å². The maximum absolute atomic E-state index is 12.1. The van der Waals surface area contributed by atoms with Crippen LogP contribution < -0.4 is 10.1 Å². The fourth-order valence-electron chi connectivity index (χ4n) is 2.45. The van der Waals surface area contributed by atoms with Crippen LogP contribution in [0.5, 0.6) is 5.75 Å². The summed E-state index contributed by atoms with van der Waals surface area (Å²) in [6, 6.07) is 7.39. The standard InChI is InChI=1S/C15H23N3O3/c1-21-14-5-3-2-4-13(14)16-15(20)12-18-8-6-17(7-9-18)10-11-19/h2-5,19H,6-12H2,1H3,(H,16,20). The molecular weight excluding hydrogens is 270 g/mol. The molecular formula is C15H23N3O3. The van der Waals surface area contributed by atoms with Crippen LogP contribution in [-0.4, -0.2) is 73.8 Å². The molecule has 1 fully saturated rings. The Hall–Kier alpha value is -1.63. The molecule has 0 atom stereocenters. The lowest BCUT2D eigenvalue weighted by atomic mass is 10.2. The Kier molecular flexibility index (Phi) is 5.98. The number of benzene rings is 1. The summed E-state index contributed by atoms with van der Waals surface area (Å²) in [7, 11) is 1.59. The molecule has 1 saturated heterocycles. The summed E-state index contributed by atoms with van der Waals surface area (Å²) in [6.07, 6.45) is 0. The number of nitrogens with zero attached hydrogens (tertiary/aromatic N) is 2. The van der Waals surface area contributed by atoms with Crippen molar-refractivity contribution in [2.75, 3.05) is 58.3 Å². The molecule has 0 saturated carbocycles. The highest BCUT2D eigenvalue weighted by molar-refractivity contribution is 5.93. The molecule has 116 valence electrons. The zero-order valence-corrected chi connectivity index (χ0v) is 12.4. The second-order valence-corrected chi connectivity index (χ2v) is 5.09. The molecule has 0 unspecified atom stereocenters. The lowest BCUT2D eigenvalue weighted by Crippen LogP contribution is -2.49. The first-order chi connectivity index (χ1) is 10.2. The van der Waals surface area contributed by atoms with Crippen LogP contribution in [0, 0.1) is 0 Å². The van der Waals surface area contributed by atoms with Gasteiger partial charge in [0.05, 0.1) is 25.9 Å². The fraction of sp³-hybridized carbons (Fsp3) is 0.533. The van der Waals surface area contributed by atoms with Crippen LogP contribution in [0.1, 0.15) is 0 Å². The van der Waals surface area contributed by atoms with Gasteiger partial charge in [0, 0.05) is 32.7 Å². The van der Waals surface area contributed by atoms with Gasteiger partial charge < -0.3 is 15.2 Å². The van der Waals surface area contributed by atoms with Gasteiger partial charge >= 0.3 is 0 Å². The predicted molar refractivity (Wildman–Crippen MR) is 81.6 cm³/mol. The number of ether oxygens (including phenoxy) is 1. The van der Waals surface area contributed by atoms with E-state index in [0.29, 0.717) is 24.5 Å². The zero-order valence-electron chi connectivity index (χ0n) is 12.4. The Morgan fingerprint density at radius 2 is 1.90 bits per heavy atom. The molecule has 2 rings (SSSR count). The molecule has 0 aliphatic carbocycles. The predicted octanol–water partition coefficient (Wildman–Crippen LogP) is 0.244. The number of β-amino-alcohol motifs (C(OH)–C–C–N with tert-alkyl or cyclic N) is 1. The summed E-state index contributed by atoms with van der Waals surface area (Å²) in [5, 5.41) is 11.8. The van der Waals surface area contributed by atoms with Gasteiger partial charge in [-0.2, -0.15) is 0 Å². The average molecular weight is 293 g/mol. The fourth-order valence-corrected chi connectivity index (χ4v) is 2.45. The Balaban J connectivity index is 1.80. The first kappa shape index (κ1) is 15.8. The summed E-state index contributed by atoms with van der Waals surface area (Å²) >= 11 is 0. The van der Waals surface area contributed by atoms with E-state index in [1.165, 1.54) is 0 Å². The van der Waals surface area contributed by atoms with Gasteiger partial charge in [0.15, 0.2) is 0 Å². The second-order valence-electron chi connectivity index (χ2n) is 5.09. The maximum atomic E-state index is 12.1. The minimum Gasteiger partial charge on any atom is -0.495 e. The molecule has 1 amide bonds. The minimum absolute atomic E-state index is 0.0323. The summed E-state index contributed by atoms with van der Waals surface area (Å²) in [4.78, 5) is 16.4. The van der Waals surface area contributed by atoms with E-state index in [-0.39, 0.29) is 12.5 Å². The Labute approximate surface area is 125 Å². The monoisotopic (exact) mass is 293 g/mol. The zero-order chi connectivity index (χ0) is 15.1. The smallest absolute Gasteiger partial charge is 0.238 e. The number of anilines is 1. The molecule has 6 nitrogen and oxygen atoms in total. The van der Waals surface area contributed by atoms with Gasteiger partial charge in [0.1, 0.15) is 5.75 Å². The van der Waals surface area contributed by atoms with Gasteiger partial charge in [-0.3, -0.25) is 14.6 Å². The highest BCUT2D eigenvalue weighted by atomic mass is 16.5. The van der Waals surface area contributed by atoms with Gasteiger partial charge in [-0.25, -0.2) is 0 Å². The van der Waals surface area contributed by atoms with Crippen molar-refractivity contribution in [2.24, 2.45) is 0 Å². The summed E-state index contributed by atoms with van der Waals surface area (Å²) < 4.78 is 5.22. The largest absolute Gasteiger partial charge is 0.495 e. The number of carbonyl (C=O) groups is 1. The summed E-state index contributed by atoms with van der Waals surface area (Å²) in [5.41, 5.74) is 0.698. The molecule has 1 aliphatic rings. The molecule has 0 bridgehead atoms. The van der Waals surface area contributed by atoms with Crippen LogP contribution in [0.25, 0.3) is 0 Å². The molecule has 1 aliphatic heterocycles. The van der Waals surface area contributed by atoms with Gasteiger partial charge in [0.25, 0.3) is 0 Å². The van der Waals surface area contributed by atoms with E-state index in [1.54, 1.807) is 7.11 Å². The van der Waals surface area contributed by atoms with E-state index >= 15 is 0 Å². The third kappa shape index (κ3) is 4.70. The second kappa shape index (κ2) is 7.97. The van der Waals surface area contributed by atoms with Crippen molar-refractivity contribution < 1.29 is 14.6 Å². The number of hydrogen-bond acceptors (Lipinski definition) is 5. The Bertz CT molecular complexity index is 459. The van der Waals surface area contributed by atoms with E-state index in [1.807, 2.05) is 24.3 Å². The molecule has 1 aromatic rings. The Morgan fingerprint density at radius 3 is 2.57 bits per heavy atom. The van der Waals surface area contributed by atoms with Crippen LogP contribution in [0.15, 0.2) is 24.3 Å². The molecule has 0 spiro atoms. The highest BCUT2D eigenvalue weighted by Crippen LogP contribution is 2.22. The summed E-state index contributed by atoms with van der Waals surface area (Å²) in [5.74, 6) is 0.633. The minimum atomic E-state index is -0.0323. The third-order valence-electron chi connectivity index (χ3n) is 3.63. The maximum Gasteiger partial charge on any atom is 0.238 e. The quantitative estimate of drug-likeness (QED) is 0.787. The van der Waals surface area contributed by atoms with Gasteiger partial charge in [-0.15, -0.1) is 0 Å². The Morgan fingerprint density at radius 1 is 1.24 bits per heavy atom. The van der Waals surface area contributed by atoms with Crippen molar-refractivity contribution >= 4 is 11.6 Å². The number of aliphatic hydroxyl groups excluding tert-OH is 1. The molecule has 0 aromatic heterocycles. The van der Waals surface area contributed by atoms with Crippen molar-refractivity contribution in [3.63, 3.8) is 0 Å². The average Bonchev–Trinajstić information content (AvgIpc) is 2.50. The third-order valence-corrected chi connectivity index (χ3v) is 3.63. The van der Waals surface area contributed by atoms with Crippen LogP contribution in [0.4, 0.5) is 5.69 Å². The number of rotatable bonds is 6. The van der Waals surface area contributed by atoms with Crippen molar-refractivity contribution in [2.45, 2.75) is 0 Å². The lowest BCUT2D eigenvalue weighted by molar-refractivity contribution is -0.117. The van der Waals surface area contributed by atoms with Gasteiger partial charge in [0.2, 0.25) is 5.91 Å². The first-order valence-corrected chi connectivity index (χ1v) is 7.21. The van der Waals surface area contributed by atoms with Crippen molar-refractivity contribution in [3.8, 4) is 5.75 Å². The number of para-hydroxylation sites is 2. The van der Waals surface area contributed by atoms with Crippen molar-refractivity contribution in [1.82, 2.24) is 9.80 Å². The van der Waals surface area contributed by atoms with Crippen LogP contribution in [-0.2, 0) is 4.79 Å². The molecule has 1 aromatic carbocycles. The SMILES string of the molecule is COc1ccccc1NC(=O)CN1CCN(CCO)CC1. The molecule has 1 heterocycles. The number of methoxy groups -OCH3 is 1. The molecule has 2 N–H and O–H groups in total. The van der Waals surface area contributed by atoms with Crippen molar-refractivity contribution in [1.29, 1.82) is 0 Å². The van der Waals surface area contributed by atoms with Crippen LogP contribution in [0.2, 0.25) is 0 Å². The summed E-state index contributed by atoms with van der Waals surface area (Å²) in [6.45, 7) is 4.75. The number of piperazine rings is 1. The van der Waals surface area contributed by atoms with E-state index in [0.717, 1.165) is 26.2 Å². The number of hydrogen-bond donors (Lipinski definition) is 2. The lowest BCUT2D eigenvalue weighted by Gasteiger charge is -2.33. The molecule has 0 radical (unpaired) electrons. The molecule has 21 heavy (non-hydrogen) atoms. The van der Waals surface area contributed by atoms with E-state index < -0.39 is 0 Å². The number of aliphatic hydroxyl groups is 1. The normalized spacial score (nSPS) is 16.7. The van der Waals surface area contributed by atoms with Gasteiger partial charge in [-0.05, 0) is 12.1 Å². The van der Waals surface area contributed by atoms with Crippen LogP contribution >= 0.6 is 0 Å². The van der Waals surface area contributed by atoms with Crippen LogP contribution in [0.3, 0.4) is 0 Å². The number of carbonyl (C=O) groups excluding carboxylic acids is 1. The van der Waals surface area contributed by atoms with E-state index in [2.05, 4.69) is 15.1 Å². The number of amides is 1. The van der Waals surface area contributed by atoms with E-state index in [4.69, 9.17) is 9.84 Å². The molecule has 6 heteroatoms. The first-order valence-electron chi connectivity index (χ1n) is 7.21. The topological polar surface area (TPSA) is 65.0 Å². The highest BCUT2D eigenvalue weighted by Gasteiger charge is 2.18. The van der Waals surface area contributed by atoms with Gasteiger partial charge in [-0.1, -0.05) is 12.1 Å². The number of nitrogens with one attached hydrogen (secondary N) is 1.